The fourth-order valence-electron chi connectivity index (χ4n) is 1.06. The third-order valence-corrected chi connectivity index (χ3v) is 1.96. The minimum absolute atomic E-state index is 0.0195. The first-order chi connectivity index (χ1) is 6.27. The van der Waals surface area contributed by atoms with E-state index >= 15 is 0 Å². The number of thiol groups is 1. The van der Waals surface area contributed by atoms with Crippen LogP contribution in [0.2, 0.25) is 0 Å². The predicted molar refractivity (Wildman–Crippen MR) is 59.7 cm³/mol. The van der Waals surface area contributed by atoms with Gasteiger partial charge in [-0.2, -0.15) is 12.6 Å². The van der Waals surface area contributed by atoms with E-state index in [0.717, 1.165) is 11.1 Å². The highest BCUT2D eigenvalue weighted by molar-refractivity contribution is 7.80. The molecular formula is C10H13NOS. The van der Waals surface area contributed by atoms with Crippen molar-refractivity contribution in [2.24, 2.45) is 0 Å². The van der Waals surface area contributed by atoms with E-state index in [2.05, 4.69) is 12.6 Å². The van der Waals surface area contributed by atoms with Crippen LogP contribution in [0.25, 0.3) is 6.08 Å². The molecule has 70 valence electrons. The molecule has 0 spiro atoms. The molecule has 0 radical (unpaired) electrons. The second-order valence-corrected chi connectivity index (χ2v) is 3.07. The molecule has 0 bridgehead atoms. The quantitative estimate of drug-likeness (QED) is 0.508. The molecule has 0 amide bonds. The van der Waals surface area contributed by atoms with E-state index in [1.54, 1.807) is 6.07 Å². The second-order valence-electron chi connectivity index (χ2n) is 2.70. The van der Waals surface area contributed by atoms with Crippen LogP contribution in [0, 0.1) is 0 Å². The largest absolute Gasteiger partial charge is 0.398 e. The van der Waals surface area contributed by atoms with Crippen LogP contribution in [-0.4, -0.2) is 10.9 Å². The molecule has 2 nitrogen and oxygen atoms in total. The molecule has 0 aliphatic rings. The molecular weight excluding hydrogens is 182 g/mol. The van der Waals surface area contributed by atoms with Gasteiger partial charge < -0.3 is 10.8 Å². The summed E-state index contributed by atoms with van der Waals surface area (Å²) in [5.74, 6) is 0.707. The number of aliphatic hydroxyl groups excluding tert-OH is 1. The third kappa shape index (κ3) is 2.79. The normalized spacial score (nSPS) is 10.9. The lowest BCUT2D eigenvalue weighted by Gasteiger charge is -2.02. The van der Waals surface area contributed by atoms with Crippen LogP contribution >= 0.6 is 12.6 Å². The van der Waals surface area contributed by atoms with Crippen molar-refractivity contribution in [3.05, 3.63) is 35.4 Å². The maximum Gasteiger partial charge on any atom is 0.0702 e. The number of anilines is 1. The zero-order chi connectivity index (χ0) is 9.68. The summed E-state index contributed by atoms with van der Waals surface area (Å²) in [4.78, 5) is 0. The van der Waals surface area contributed by atoms with Gasteiger partial charge in [0.2, 0.25) is 0 Å². The molecule has 13 heavy (non-hydrogen) atoms. The van der Waals surface area contributed by atoms with Crippen LogP contribution in [0.5, 0.6) is 0 Å². The molecule has 0 atom stereocenters. The molecule has 0 aromatic heterocycles. The van der Waals surface area contributed by atoms with Crippen LogP contribution in [0.4, 0.5) is 5.69 Å². The Labute approximate surface area is 83.5 Å². The van der Waals surface area contributed by atoms with E-state index < -0.39 is 0 Å². The summed E-state index contributed by atoms with van der Waals surface area (Å²) in [7, 11) is 0. The zero-order valence-electron chi connectivity index (χ0n) is 7.27. The monoisotopic (exact) mass is 195 g/mol. The van der Waals surface area contributed by atoms with Crippen molar-refractivity contribution in [3.8, 4) is 0 Å². The summed E-state index contributed by atoms with van der Waals surface area (Å²) < 4.78 is 0. The fourth-order valence-corrected chi connectivity index (χ4v) is 1.16. The molecule has 0 saturated heterocycles. The number of hydrogen-bond donors (Lipinski definition) is 3. The van der Waals surface area contributed by atoms with Gasteiger partial charge in [-0.25, -0.2) is 0 Å². The van der Waals surface area contributed by atoms with Crippen LogP contribution < -0.4 is 5.73 Å². The summed E-state index contributed by atoms with van der Waals surface area (Å²) in [5.41, 5.74) is 8.06. The standard InChI is InChI=1S/C10H13NOS/c11-10-4-3-8(2-1-5-13)6-9(10)7-12/h1-4,6,12-13H,5,7,11H2. The van der Waals surface area contributed by atoms with Crippen molar-refractivity contribution in [2.75, 3.05) is 11.5 Å². The van der Waals surface area contributed by atoms with Gasteiger partial charge in [-0.1, -0.05) is 18.2 Å². The van der Waals surface area contributed by atoms with Crippen molar-refractivity contribution in [1.82, 2.24) is 0 Å². The Morgan fingerprint density at radius 3 is 2.85 bits per heavy atom. The van der Waals surface area contributed by atoms with Crippen molar-refractivity contribution in [1.29, 1.82) is 0 Å². The lowest BCUT2D eigenvalue weighted by Crippen LogP contribution is -1.93. The molecule has 1 aromatic carbocycles. The van der Waals surface area contributed by atoms with Gasteiger partial charge in [0.25, 0.3) is 0 Å². The molecule has 3 N–H and O–H groups in total. The maximum atomic E-state index is 8.95. The van der Waals surface area contributed by atoms with Crippen LogP contribution in [0.15, 0.2) is 24.3 Å². The highest BCUT2D eigenvalue weighted by Crippen LogP contribution is 2.14. The Morgan fingerprint density at radius 1 is 1.46 bits per heavy atom. The van der Waals surface area contributed by atoms with Gasteiger partial charge in [0.1, 0.15) is 0 Å². The Morgan fingerprint density at radius 2 is 2.23 bits per heavy atom. The molecule has 0 aliphatic carbocycles. The SMILES string of the molecule is Nc1ccc(C=CCS)cc1CO. The van der Waals surface area contributed by atoms with E-state index in [1.807, 2.05) is 24.3 Å². The van der Waals surface area contributed by atoms with Crippen molar-refractivity contribution < 1.29 is 5.11 Å². The highest BCUT2D eigenvalue weighted by Gasteiger charge is 1.96. The van der Waals surface area contributed by atoms with Crippen molar-refractivity contribution in [2.45, 2.75) is 6.61 Å². The topological polar surface area (TPSA) is 46.2 Å². The summed E-state index contributed by atoms with van der Waals surface area (Å²) in [6.45, 7) is -0.0195. The molecule has 3 heteroatoms. The summed E-state index contributed by atoms with van der Waals surface area (Å²) in [6, 6.07) is 5.58. The lowest BCUT2D eigenvalue weighted by molar-refractivity contribution is 0.282. The molecule has 0 heterocycles. The van der Waals surface area contributed by atoms with Gasteiger partial charge in [0, 0.05) is 17.0 Å². The number of hydrogen-bond acceptors (Lipinski definition) is 3. The van der Waals surface area contributed by atoms with Crippen molar-refractivity contribution >= 4 is 24.4 Å². The minimum atomic E-state index is -0.0195. The molecule has 0 aliphatic heterocycles. The number of benzene rings is 1. The molecule has 0 saturated carbocycles. The minimum Gasteiger partial charge on any atom is -0.398 e. The van der Waals surface area contributed by atoms with Gasteiger partial charge in [0.05, 0.1) is 6.61 Å². The Kier molecular flexibility index (Phi) is 3.86. The van der Waals surface area contributed by atoms with E-state index in [1.165, 1.54) is 0 Å². The first kappa shape index (κ1) is 10.2. The third-order valence-electron chi connectivity index (χ3n) is 1.75. The molecule has 1 aromatic rings. The van der Waals surface area contributed by atoms with Gasteiger partial charge >= 0.3 is 0 Å². The second kappa shape index (κ2) is 4.94. The van der Waals surface area contributed by atoms with Gasteiger partial charge in [-0.15, -0.1) is 0 Å². The molecule has 1 rings (SSSR count). The van der Waals surface area contributed by atoms with Crippen LogP contribution in [0.1, 0.15) is 11.1 Å². The van der Waals surface area contributed by atoms with E-state index in [9.17, 15) is 0 Å². The molecule has 0 unspecified atom stereocenters. The fraction of sp³-hybridized carbons (Fsp3) is 0.200. The summed E-state index contributed by atoms with van der Waals surface area (Å²) >= 11 is 4.06. The summed E-state index contributed by atoms with van der Waals surface area (Å²) in [5, 5.41) is 8.95. The first-order valence-corrected chi connectivity index (χ1v) is 4.68. The zero-order valence-corrected chi connectivity index (χ0v) is 8.17. The predicted octanol–water partition coefficient (Wildman–Crippen LogP) is 1.70. The van der Waals surface area contributed by atoms with E-state index in [4.69, 9.17) is 10.8 Å². The molecule has 0 fully saturated rings. The Balaban J connectivity index is 2.92. The first-order valence-electron chi connectivity index (χ1n) is 4.04. The number of nitrogens with two attached hydrogens (primary N) is 1. The summed E-state index contributed by atoms with van der Waals surface area (Å²) in [6.07, 6.45) is 3.89. The van der Waals surface area contributed by atoms with Crippen molar-refractivity contribution in [3.63, 3.8) is 0 Å². The maximum absolute atomic E-state index is 8.95. The van der Waals surface area contributed by atoms with Crippen LogP contribution in [0.3, 0.4) is 0 Å². The van der Waals surface area contributed by atoms with E-state index in [0.29, 0.717) is 11.4 Å². The number of aliphatic hydroxyl groups is 1. The van der Waals surface area contributed by atoms with Gasteiger partial charge in [-0.3, -0.25) is 0 Å². The van der Waals surface area contributed by atoms with Gasteiger partial charge in [0.15, 0.2) is 0 Å². The van der Waals surface area contributed by atoms with E-state index in [-0.39, 0.29) is 6.61 Å². The van der Waals surface area contributed by atoms with Gasteiger partial charge in [-0.05, 0) is 17.7 Å². The number of rotatable bonds is 3. The smallest absolute Gasteiger partial charge is 0.0702 e. The highest BCUT2D eigenvalue weighted by atomic mass is 32.1. The van der Waals surface area contributed by atoms with Crippen LogP contribution in [-0.2, 0) is 6.61 Å². The lowest BCUT2D eigenvalue weighted by atomic mass is 10.1. The average molecular weight is 195 g/mol. The average Bonchev–Trinajstić information content (AvgIpc) is 2.16. The Hall–Kier alpha value is -0.930. The Bertz CT molecular complexity index is 310. The number of nitrogen functional groups attached to an aromatic ring is 1.